The molecule has 1 aromatic heterocycles. The molecule has 0 amide bonds. The summed E-state index contributed by atoms with van der Waals surface area (Å²) >= 11 is 0. The van der Waals surface area contributed by atoms with E-state index >= 15 is 0 Å². The van der Waals surface area contributed by atoms with Gasteiger partial charge in [0.05, 0.1) is 34.9 Å². The SMILES string of the molecule is COC(=O)C[C@H](c1cc(OC)c(OC)cc1OC)c1c(O)c(O)c(O)c2c(=O)cc(-c3ccccc3)oc12. The summed E-state index contributed by atoms with van der Waals surface area (Å²) in [5.74, 6) is -3.33. The number of fused-ring (bicyclic) bond motifs is 1. The number of phenolic OH excluding ortho intramolecular Hbond substituents is 3. The van der Waals surface area contributed by atoms with E-state index in [1.165, 1.54) is 40.6 Å². The van der Waals surface area contributed by atoms with Crippen molar-refractivity contribution in [3.63, 3.8) is 0 Å². The number of aromatic hydroxyl groups is 3. The second kappa shape index (κ2) is 10.6. The van der Waals surface area contributed by atoms with Crippen molar-refractivity contribution in [2.75, 3.05) is 28.4 Å². The molecule has 198 valence electrons. The Morgan fingerprint density at radius 3 is 2.08 bits per heavy atom. The van der Waals surface area contributed by atoms with Crippen molar-refractivity contribution in [3.05, 3.63) is 69.9 Å². The van der Waals surface area contributed by atoms with Gasteiger partial charge in [-0.15, -0.1) is 0 Å². The predicted octanol–water partition coefficient (Wildman–Crippen LogP) is 4.30. The Bertz CT molecular complexity index is 1560. The van der Waals surface area contributed by atoms with Gasteiger partial charge in [-0.3, -0.25) is 9.59 Å². The fraction of sp³-hybridized carbons (Fsp3) is 0.214. The van der Waals surface area contributed by atoms with Crippen LogP contribution in [-0.2, 0) is 9.53 Å². The first kappa shape index (κ1) is 26.2. The molecule has 0 fully saturated rings. The maximum atomic E-state index is 13.2. The van der Waals surface area contributed by atoms with Crippen LogP contribution in [0.2, 0.25) is 0 Å². The molecule has 38 heavy (non-hydrogen) atoms. The van der Waals surface area contributed by atoms with E-state index in [0.717, 1.165) is 0 Å². The van der Waals surface area contributed by atoms with Crippen LogP contribution in [0.1, 0.15) is 23.5 Å². The summed E-state index contributed by atoms with van der Waals surface area (Å²) in [6, 6.07) is 13.0. The first-order chi connectivity index (χ1) is 18.2. The molecule has 0 saturated carbocycles. The Balaban J connectivity index is 2.14. The molecule has 4 aromatic rings. The van der Waals surface area contributed by atoms with Crippen LogP contribution >= 0.6 is 0 Å². The molecular weight excluding hydrogens is 496 g/mol. The van der Waals surface area contributed by atoms with Gasteiger partial charge < -0.3 is 38.7 Å². The normalized spacial score (nSPS) is 11.7. The van der Waals surface area contributed by atoms with Gasteiger partial charge in [0, 0.05) is 34.7 Å². The predicted molar refractivity (Wildman–Crippen MR) is 137 cm³/mol. The van der Waals surface area contributed by atoms with Crippen molar-refractivity contribution in [2.24, 2.45) is 0 Å². The molecule has 3 aromatic carbocycles. The Labute approximate surface area is 217 Å². The number of carbonyl (C=O) groups is 1. The molecule has 0 aliphatic carbocycles. The highest BCUT2D eigenvalue weighted by Crippen LogP contribution is 2.51. The molecule has 10 nitrogen and oxygen atoms in total. The molecule has 4 rings (SSSR count). The number of benzene rings is 3. The summed E-state index contributed by atoms with van der Waals surface area (Å²) in [5.41, 5.74) is -0.158. The van der Waals surface area contributed by atoms with E-state index in [-0.39, 0.29) is 40.2 Å². The van der Waals surface area contributed by atoms with Gasteiger partial charge in [-0.1, -0.05) is 30.3 Å². The molecule has 0 saturated heterocycles. The number of hydrogen-bond acceptors (Lipinski definition) is 10. The van der Waals surface area contributed by atoms with Crippen LogP contribution < -0.4 is 19.6 Å². The van der Waals surface area contributed by atoms with Gasteiger partial charge in [-0.2, -0.15) is 0 Å². The minimum absolute atomic E-state index is 0.138. The monoisotopic (exact) mass is 522 g/mol. The minimum atomic E-state index is -1.10. The van der Waals surface area contributed by atoms with E-state index in [1.54, 1.807) is 36.4 Å². The zero-order chi connectivity index (χ0) is 27.6. The second-order valence-corrected chi connectivity index (χ2v) is 8.29. The lowest BCUT2D eigenvalue weighted by Crippen LogP contribution is -2.13. The summed E-state index contributed by atoms with van der Waals surface area (Å²) in [7, 11) is 5.47. The van der Waals surface area contributed by atoms with Crippen molar-refractivity contribution < 1.29 is 43.5 Å². The van der Waals surface area contributed by atoms with E-state index in [9.17, 15) is 24.9 Å². The zero-order valence-electron chi connectivity index (χ0n) is 21.1. The minimum Gasteiger partial charge on any atom is -0.504 e. The fourth-order valence-corrected chi connectivity index (χ4v) is 4.38. The molecule has 3 N–H and O–H groups in total. The van der Waals surface area contributed by atoms with Crippen molar-refractivity contribution in [2.45, 2.75) is 12.3 Å². The quantitative estimate of drug-likeness (QED) is 0.226. The van der Waals surface area contributed by atoms with Crippen molar-refractivity contribution >= 4 is 16.9 Å². The Morgan fingerprint density at radius 2 is 1.47 bits per heavy atom. The van der Waals surface area contributed by atoms with E-state index in [1.807, 2.05) is 0 Å². The van der Waals surface area contributed by atoms with Gasteiger partial charge in [-0.05, 0) is 6.07 Å². The van der Waals surface area contributed by atoms with Crippen LogP contribution in [0.5, 0.6) is 34.5 Å². The third-order valence-electron chi connectivity index (χ3n) is 6.25. The van der Waals surface area contributed by atoms with E-state index < -0.39 is 34.6 Å². The molecule has 0 aliphatic rings. The second-order valence-electron chi connectivity index (χ2n) is 8.29. The highest BCUT2D eigenvalue weighted by Gasteiger charge is 2.33. The highest BCUT2D eigenvalue weighted by molar-refractivity contribution is 5.94. The Kier molecular flexibility index (Phi) is 7.33. The molecule has 1 atom stereocenters. The first-order valence-electron chi connectivity index (χ1n) is 11.4. The van der Waals surface area contributed by atoms with Gasteiger partial charge in [0.1, 0.15) is 22.5 Å². The van der Waals surface area contributed by atoms with Crippen LogP contribution in [0.25, 0.3) is 22.3 Å². The van der Waals surface area contributed by atoms with Crippen LogP contribution in [-0.4, -0.2) is 49.7 Å². The smallest absolute Gasteiger partial charge is 0.306 e. The summed E-state index contributed by atoms with van der Waals surface area (Å²) in [6.45, 7) is 0. The number of methoxy groups -OCH3 is 4. The molecular formula is C28H26O10. The van der Waals surface area contributed by atoms with E-state index in [2.05, 4.69) is 0 Å². The third kappa shape index (κ3) is 4.52. The third-order valence-corrected chi connectivity index (χ3v) is 6.25. The van der Waals surface area contributed by atoms with Crippen LogP contribution in [0.4, 0.5) is 0 Å². The molecule has 0 bridgehead atoms. The van der Waals surface area contributed by atoms with Crippen molar-refractivity contribution in [1.29, 1.82) is 0 Å². The number of hydrogen-bond donors (Lipinski definition) is 3. The van der Waals surface area contributed by atoms with Crippen molar-refractivity contribution in [3.8, 4) is 45.8 Å². The molecule has 0 spiro atoms. The summed E-state index contributed by atoms with van der Waals surface area (Å²) < 4.78 is 27.3. The number of carbonyl (C=O) groups excluding carboxylic acids is 1. The van der Waals surface area contributed by atoms with Crippen LogP contribution in [0.3, 0.4) is 0 Å². The average Bonchev–Trinajstić information content (AvgIpc) is 2.94. The largest absolute Gasteiger partial charge is 0.504 e. The molecule has 0 radical (unpaired) electrons. The molecule has 1 heterocycles. The van der Waals surface area contributed by atoms with E-state index in [4.69, 9.17) is 23.4 Å². The van der Waals surface area contributed by atoms with Gasteiger partial charge in [0.2, 0.25) is 5.75 Å². The van der Waals surface area contributed by atoms with Crippen LogP contribution in [0, 0.1) is 0 Å². The van der Waals surface area contributed by atoms with E-state index in [0.29, 0.717) is 16.9 Å². The lowest BCUT2D eigenvalue weighted by molar-refractivity contribution is -0.140. The zero-order valence-corrected chi connectivity index (χ0v) is 21.1. The topological polar surface area (TPSA) is 145 Å². The molecule has 0 unspecified atom stereocenters. The summed E-state index contributed by atoms with van der Waals surface area (Å²) in [5, 5.41) is 32.0. The fourth-order valence-electron chi connectivity index (χ4n) is 4.38. The number of rotatable bonds is 8. The van der Waals surface area contributed by atoms with Gasteiger partial charge in [0.25, 0.3) is 0 Å². The lowest BCUT2D eigenvalue weighted by atomic mass is 9.85. The standard InChI is InChI=1S/C28H26O10/c1-34-19-13-21(36-3)20(35-2)10-15(19)16(11-22(30)37-4)23-25(31)27(33)26(32)24-17(29)12-18(38-28(23)24)14-8-6-5-7-9-14/h5-10,12-13,16,31-33H,11H2,1-4H3/t16-/m1/s1. The Morgan fingerprint density at radius 1 is 0.842 bits per heavy atom. The van der Waals surface area contributed by atoms with Crippen LogP contribution in [0.15, 0.2) is 57.7 Å². The molecule has 0 aliphatic heterocycles. The van der Waals surface area contributed by atoms with Crippen molar-refractivity contribution in [1.82, 2.24) is 0 Å². The maximum absolute atomic E-state index is 13.2. The Hall–Kier alpha value is -4.86. The lowest BCUT2D eigenvalue weighted by Gasteiger charge is -2.23. The van der Waals surface area contributed by atoms with Gasteiger partial charge in [-0.25, -0.2) is 0 Å². The highest BCUT2D eigenvalue weighted by atomic mass is 16.5. The van der Waals surface area contributed by atoms with Gasteiger partial charge in [0.15, 0.2) is 28.4 Å². The number of ether oxygens (including phenoxy) is 4. The molecule has 10 heteroatoms. The summed E-state index contributed by atoms with van der Waals surface area (Å²) in [6.07, 6.45) is -0.367. The number of esters is 1. The maximum Gasteiger partial charge on any atom is 0.306 e. The van der Waals surface area contributed by atoms with Gasteiger partial charge >= 0.3 is 5.97 Å². The first-order valence-corrected chi connectivity index (χ1v) is 11.4. The number of phenols is 3. The average molecular weight is 523 g/mol. The summed E-state index contributed by atoms with van der Waals surface area (Å²) in [4.78, 5) is 25.8.